The van der Waals surface area contributed by atoms with E-state index in [0.29, 0.717) is 5.41 Å². The highest BCUT2D eigenvalue weighted by Crippen LogP contribution is 2.13. The lowest BCUT2D eigenvalue weighted by Gasteiger charge is -2.31. The number of rotatable bonds is 4. The lowest BCUT2D eigenvalue weighted by Crippen LogP contribution is -2.46. The molecular formula is C12H29Cl2N3. The second-order valence-corrected chi connectivity index (χ2v) is 5.89. The van der Waals surface area contributed by atoms with Crippen LogP contribution in [0.3, 0.4) is 0 Å². The Kier molecular flexibility index (Phi) is 10.9. The van der Waals surface area contributed by atoms with Crippen LogP contribution in [0.4, 0.5) is 0 Å². The van der Waals surface area contributed by atoms with E-state index in [1.54, 1.807) is 0 Å². The van der Waals surface area contributed by atoms with Crippen molar-refractivity contribution in [3.05, 3.63) is 0 Å². The minimum absolute atomic E-state index is 0. The number of hydrogen-bond acceptors (Lipinski definition) is 3. The van der Waals surface area contributed by atoms with Crippen LogP contribution in [0.1, 0.15) is 20.8 Å². The van der Waals surface area contributed by atoms with E-state index in [1.807, 2.05) is 0 Å². The number of piperazine rings is 1. The van der Waals surface area contributed by atoms with Gasteiger partial charge in [-0.25, -0.2) is 0 Å². The Labute approximate surface area is 119 Å². The van der Waals surface area contributed by atoms with Gasteiger partial charge in [-0.1, -0.05) is 20.8 Å². The summed E-state index contributed by atoms with van der Waals surface area (Å²) in [6.07, 6.45) is 0. The summed E-state index contributed by atoms with van der Waals surface area (Å²) in [6, 6.07) is 0. The van der Waals surface area contributed by atoms with Gasteiger partial charge < -0.3 is 10.2 Å². The molecule has 0 amide bonds. The summed E-state index contributed by atoms with van der Waals surface area (Å²) in [6.45, 7) is 15.2. The maximum Gasteiger partial charge on any atom is 0.0110 e. The SMILES string of the molecule is CN(CCN1CCNCC1)CC(C)(C)C.Cl.Cl. The molecule has 0 bridgehead atoms. The molecule has 17 heavy (non-hydrogen) atoms. The molecule has 1 fully saturated rings. The van der Waals surface area contributed by atoms with E-state index in [-0.39, 0.29) is 24.8 Å². The second kappa shape index (κ2) is 9.40. The van der Waals surface area contributed by atoms with Gasteiger partial charge >= 0.3 is 0 Å². The van der Waals surface area contributed by atoms with Gasteiger partial charge in [-0.05, 0) is 12.5 Å². The Morgan fingerprint density at radius 3 is 2.12 bits per heavy atom. The first-order chi connectivity index (χ1) is 6.97. The third-order valence-corrected chi connectivity index (χ3v) is 2.75. The normalized spacial score (nSPS) is 17.5. The van der Waals surface area contributed by atoms with Gasteiger partial charge in [0.1, 0.15) is 0 Å². The lowest BCUT2D eigenvalue weighted by molar-refractivity contribution is 0.176. The standard InChI is InChI=1S/C12H27N3.2ClH/c1-12(2,3)11-14(4)9-10-15-7-5-13-6-8-15;;/h13H,5-11H2,1-4H3;2*1H. The molecule has 0 aromatic rings. The average molecular weight is 286 g/mol. The first-order valence-electron chi connectivity index (χ1n) is 6.09. The second-order valence-electron chi connectivity index (χ2n) is 5.89. The molecule has 1 saturated heterocycles. The predicted molar refractivity (Wildman–Crippen MR) is 80.8 cm³/mol. The fraction of sp³-hybridized carbons (Fsp3) is 1.00. The average Bonchev–Trinajstić information content (AvgIpc) is 2.14. The summed E-state index contributed by atoms with van der Waals surface area (Å²) in [5.74, 6) is 0. The van der Waals surface area contributed by atoms with Gasteiger partial charge in [-0.2, -0.15) is 0 Å². The van der Waals surface area contributed by atoms with Crippen LogP contribution in [0.2, 0.25) is 0 Å². The largest absolute Gasteiger partial charge is 0.314 e. The molecule has 1 N–H and O–H groups in total. The zero-order valence-corrected chi connectivity index (χ0v) is 13.3. The molecule has 0 spiro atoms. The molecule has 106 valence electrons. The number of halogens is 2. The summed E-state index contributed by atoms with van der Waals surface area (Å²) < 4.78 is 0. The molecule has 5 heteroatoms. The van der Waals surface area contributed by atoms with Crippen LogP contribution in [-0.4, -0.2) is 62.7 Å². The zero-order chi connectivity index (χ0) is 11.3. The van der Waals surface area contributed by atoms with Crippen molar-refractivity contribution in [2.75, 3.05) is 52.9 Å². The summed E-state index contributed by atoms with van der Waals surface area (Å²) in [7, 11) is 2.23. The van der Waals surface area contributed by atoms with Crippen molar-refractivity contribution in [2.24, 2.45) is 5.41 Å². The Balaban J connectivity index is 0. The fourth-order valence-corrected chi connectivity index (χ4v) is 2.14. The molecule has 0 aliphatic carbocycles. The zero-order valence-electron chi connectivity index (χ0n) is 11.7. The number of nitrogens with one attached hydrogen (secondary N) is 1. The molecule has 1 rings (SSSR count). The third-order valence-electron chi connectivity index (χ3n) is 2.75. The molecule has 0 saturated carbocycles. The van der Waals surface area contributed by atoms with Crippen LogP contribution >= 0.6 is 24.8 Å². The molecule has 0 radical (unpaired) electrons. The fourth-order valence-electron chi connectivity index (χ4n) is 2.14. The molecular weight excluding hydrogens is 257 g/mol. The molecule has 1 aliphatic heterocycles. The van der Waals surface area contributed by atoms with E-state index in [0.717, 1.165) is 13.1 Å². The Morgan fingerprint density at radius 1 is 1.12 bits per heavy atom. The smallest absolute Gasteiger partial charge is 0.0110 e. The van der Waals surface area contributed by atoms with E-state index >= 15 is 0 Å². The van der Waals surface area contributed by atoms with Crippen LogP contribution in [0.5, 0.6) is 0 Å². The van der Waals surface area contributed by atoms with Crippen LogP contribution in [0, 0.1) is 5.41 Å². The van der Waals surface area contributed by atoms with Gasteiger partial charge in [-0.15, -0.1) is 24.8 Å². The highest BCUT2D eigenvalue weighted by atomic mass is 35.5. The van der Waals surface area contributed by atoms with Gasteiger partial charge in [0.2, 0.25) is 0 Å². The van der Waals surface area contributed by atoms with Crippen molar-refractivity contribution in [3.63, 3.8) is 0 Å². The summed E-state index contributed by atoms with van der Waals surface area (Å²) in [5, 5.41) is 3.39. The van der Waals surface area contributed by atoms with E-state index in [9.17, 15) is 0 Å². The Bertz CT molecular complexity index is 177. The minimum Gasteiger partial charge on any atom is -0.314 e. The minimum atomic E-state index is 0. The Hall–Kier alpha value is 0.460. The van der Waals surface area contributed by atoms with Crippen molar-refractivity contribution in [2.45, 2.75) is 20.8 Å². The first kappa shape index (κ1) is 19.8. The summed E-state index contributed by atoms with van der Waals surface area (Å²) in [4.78, 5) is 5.00. The van der Waals surface area contributed by atoms with E-state index in [1.165, 1.54) is 32.7 Å². The maximum atomic E-state index is 3.39. The van der Waals surface area contributed by atoms with Crippen LogP contribution in [0.25, 0.3) is 0 Å². The molecule has 0 aromatic heterocycles. The van der Waals surface area contributed by atoms with Crippen molar-refractivity contribution in [1.82, 2.24) is 15.1 Å². The van der Waals surface area contributed by atoms with Gasteiger partial charge in [0, 0.05) is 45.8 Å². The van der Waals surface area contributed by atoms with Crippen molar-refractivity contribution in [1.29, 1.82) is 0 Å². The van der Waals surface area contributed by atoms with E-state index in [4.69, 9.17) is 0 Å². The summed E-state index contributed by atoms with van der Waals surface area (Å²) >= 11 is 0. The number of likely N-dealkylation sites (N-methyl/N-ethyl adjacent to an activating group) is 1. The lowest BCUT2D eigenvalue weighted by atomic mass is 9.96. The van der Waals surface area contributed by atoms with Crippen LogP contribution in [-0.2, 0) is 0 Å². The van der Waals surface area contributed by atoms with Crippen LogP contribution < -0.4 is 5.32 Å². The molecule has 0 aromatic carbocycles. The maximum absolute atomic E-state index is 3.39. The monoisotopic (exact) mass is 285 g/mol. The van der Waals surface area contributed by atoms with Gasteiger partial charge in [0.15, 0.2) is 0 Å². The van der Waals surface area contributed by atoms with Crippen molar-refractivity contribution < 1.29 is 0 Å². The van der Waals surface area contributed by atoms with E-state index in [2.05, 4.69) is 42.9 Å². The highest BCUT2D eigenvalue weighted by Gasteiger charge is 2.15. The quantitative estimate of drug-likeness (QED) is 0.849. The van der Waals surface area contributed by atoms with E-state index < -0.39 is 0 Å². The van der Waals surface area contributed by atoms with Crippen molar-refractivity contribution >= 4 is 24.8 Å². The predicted octanol–water partition coefficient (Wildman–Crippen LogP) is 1.71. The topological polar surface area (TPSA) is 18.5 Å². The molecule has 0 unspecified atom stereocenters. The molecule has 3 nitrogen and oxygen atoms in total. The van der Waals surface area contributed by atoms with Gasteiger partial charge in [0.25, 0.3) is 0 Å². The molecule has 0 atom stereocenters. The third kappa shape index (κ3) is 10.1. The van der Waals surface area contributed by atoms with Gasteiger partial charge in [0.05, 0.1) is 0 Å². The molecule has 1 heterocycles. The van der Waals surface area contributed by atoms with Crippen molar-refractivity contribution in [3.8, 4) is 0 Å². The van der Waals surface area contributed by atoms with Gasteiger partial charge in [-0.3, -0.25) is 4.90 Å². The number of nitrogens with zero attached hydrogens (tertiary/aromatic N) is 2. The number of hydrogen-bond donors (Lipinski definition) is 1. The molecule has 1 aliphatic rings. The van der Waals surface area contributed by atoms with Crippen LogP contribution in [0.15, 0.2) is 0 Å². The summed E-state index contributed by atoms with van der Waals surface area (Å²) in [5.41, 5.74) is 0.415. The first-order valence-corrected chi connectivity index (χ1v) is 6.09. The Morgan fingerprint density at radius 2 is 1.65 bits per heavy atom. The highest BCUT2D eigenvalue weighted by molar-refractivity contribution is 5.85.